The van der Waals surface area contributed by atoms with Crippen molar-refractivity contribution in [3.63, 3.8) is 0 Å². The molecule has 0 aliphatic carbocycles. The average Bonchev–Trinajstić information content (AvgIpc) is 2.90. The van der Waals surface area contributed by atoms with Crippen LogP contribution in [0.25, 0.3) is 11.3 Å². The third-order valence-corrected chi connectivity index (χ3v) is 6.73. The van der Waals surface area contributed by atoms with Crippen molar-refractivity contribution in [2.75, 3.05) is 36.5 Å². The second-order valence-electron chi connectivity index (χ2n) is 9.32. The predicted molar refractivity (Wildman–Crippen MR) is 137 cm³/mol. The highest BCUT2D eigenvalue weighted by molar-refractivity contribution is 5.95. The Morgan fingerprint density at radius 2 is 1.83 bits per heavy atom. The summed E-state index contributed by atoms with van der Waals surface area (Å²) in [5.41, 5.74) is 4.97. The second-order valence-corrected chi connectivity index (χ2v) is 9.32. The Hall–Kier alpha value is -3.85. The lowest BCUT2D eigenvalue weighted by Crippen LogP contribution is -2.43. The topological polar surface area (TPSA) is 101 Å². The van der Waals surface area contributed by atoms with Crippen LogP contribution in [0.5, 0.6) is 0 Å². The zero-order chi connectivity index (χ0) is 25.2. The molecule has 9 heteroatoms. The number of carbonyl (C=O) groups excluding carboxylic acids is 2. The lowest BCUT2D eigenvalue weighted by atomic mass is 9.89. The van der Waals surface area contributed by atoms with Crippen molar-refractivity contribution in [3.8, 4) is 11.3 Å². The summed E-state index contributed by atoms with van der Waals surface area (Å²) in [7, 11) is 0. The van der Waals surface area contributed by atoms with E-state index < -0.39 is 0 Å². The zero-order valence-electron chi connectivity index (χ0n) is 20.8. The van der Waals surface area contributed by atoms with Crippen LogP contribution in [0.4, 0.5) is 11.5 Å². The number of aromatic nitrogens is 3. The van der Waals surface area contributed by atoms with E-state index in [-0.39, 0.29) is 23.9 Å². The van der Waals surface area contributed by atoms with Gasteiger partial charge >= 0.3 is 0 Å². The normalized spacial score (nSPS) is 19.5. The number of carbonyl (C=O) groups is 2. The molecule has 2 aliphatic heterocycles. The van der Waals surface area contributed by atoms with Gasteiger partial charge < -0.3 is 19.9 Å². The number of morpholine rings is 1. The number of nitrogens with one attached hydrogen (secondary N) is 1. The first kappa shape index (κ1) is 23.9. The molecule has 0 unspecified atom stereocenters. The maximum Gasteiger partial charge on any atom is 0.255 e. The van der Waals surface area contributed by atoms with E-state index in [2.05, 4.69) is 33.3 Å². The second kappa shape index (κ2) is 10.0. The van der Waals surface area contributed by atoms with Gasteiger partial charge in [0.25, 0.3) is 5.91 Å². The van der Waals surface area contributed by atoms with E-state index in [1.54, 1.807) is 30.4 Å². The number of hydrogen-bond donors (Lipinski definition) is 1. The minimum Gasteiger partial charge on any atom is -0.378 e. The molecule has 0 radical (unpaired) electrons. The minimum atomic E-state index is -0.0512. The predicted octanol–water partition coefficient (Wildman–Crippen LogP) is 3.62. The third kappa shape index (κ3) is 4.79. The third-order valence-electron chi connectivity index (χ3n) is 6.73. The summed E-state index contributed by atoms with van der Waals surface area (Å²) in [6.07, 6.45) is 5.82. The molecule has 5 rings (SSSR count). The fourth-order valence-electron chi connectivity index (χ4n) is 4.93. The van der Waals surface area contributed by atoms with Gasteiger partial charge in [0.1, 0.15) is 5.82 Å². The standard InChI is InChI=1S/C27H30N6O3/c1-17-14-30-26(16-28-17)31-24-12-18(2)33(19(3)34)25-7-5-20(13-22(24)25)23-6-4-21(15-29-23)27(35)32-8-10-36-11-9-32/h4-7,13-16,18,24H,8-12H2,1-3H3,(H,30,31)/t18-,24+/m0/s1. The van der Waals surface area contributed by atoms with Crippen molar-refractivity contribution in [3.05, 3.63) is 65.7 Å². The number of amides is 2. The lowest BCUT2D eigenvalue weighted by molar-refractivity contribution is -0.117. The number of pyridine rings is 1. The largest absolute Gasteiger partial charge is 0.378 e. The number of nitrogens with zero attached hydrogens (tertiary/aromatic N) is 5. The fraction of sp³-hybridized carbons (Fsp3) is 0.370. The molecular weight excluding hydrogens is 456 g/mol. The van der Waals surface area contributed by atoms with Crippen molar-refractivity contribution in [1.82, 2.24) is 19.9 Å². The molecule has 36 heavy (non-hydrogen) atoms. The molecule has 2 aliphatic rings. The summed E-state index contributed by atoms with van der Waals surface area (Å²) in [5.74, 6) is 0.668. The number of benzene rings is 1. The Balaban J connectivity index is 1.45. The van der Waals surface area contributed by atoms with E-state index in [0.717, 1.165) is 34.6 Å². The molecule has 2 amide bonds. The van der Waals surface area contributed by atoms with E-state index in [4.69, 9.17) is 4.74 Å². The van der Waals surface area contributed by atoms with Crippen molar-refractivity contribution >= 4 is 23.3 Å². The van der Waals surface area contributed by atoms with Crippen LogP contribution in [0.2, 0.25) is 0 Å². The van der Waals surface area contributed by atoms with E-state index in [0.29, 0.717) is 37.7 Å². The number of fused-ring (bicyclic) bond motifs is 1. The van der Waals surface area contributed by atoms with Crippen LogP contribution >= 0.6 is 0 Å². The van der Waals surface area contributed by atoms with Gasteiger partial charge in [0.15, 0.2) is 0 Å². The monoisotopic (exact) mass is 486 g/mol. The molecule has 2 atom stereocenters. The van der Waals surface area contributed by atoms with Crippen LogP contribution in [0.15, 0.2) is 48.9 Å². The Morgan fingerprint density at radius 1 is 1.03 bits per heavy atom. The summed E-state index contributed by atoms with van der Waals surface area (Å²) in [6.45, 7) is 7.86. The summed E-state index contributed by atoms with van der Waals surface area (Å²) < 4.78 is 5.34. The van der Waals surface area contributed by atoms with Gasteiger partial charge in [-0.1, -0.05) is 6.07 Å². The fourth-order valence-corrected chi connectivity index (χ4v) is 4.93. The quantitative estimate of drug-likeness (QED) is 0.601. The van der Waals surface area contributed by atoms with Crippen molar-refractivity contribution in [2.24, 2.45) is 0 Å². The maximum atomic E-state index is 12.8. The Morgan fingerprint density at radius 3 is 2.50 bits per heavy atom. The number of hydrogen-bond acceptors (Lipinski definition) is 7. The number of anilines is 2. The molecule has 1 N–H and O–H groups in total. The number of ether oxygens (including phenoxy) is 1. The molecule has 1 fully saturated rings. The highest BCUT2D eigenvalue weighted by atomic mass is 16.5. The van der Waals surface area contributed by atoms with Crippen LogP contribution in [0.1, 0.15) is 47.9 Å². The lowest BCUT2D eigenvalue weighted by Gasteiger charge is -2.39. The number of rotatable bonds is 4. The molecule has 0 spiro atoms. The van der Waals surface area contributed by atoms with Crippen molar-refractivity contribution < 1.29 is 14.3 Å². The first-order valence-electron chi connectivity index (χ1n) is 12.2. The Bertz CT molecular complexity index is 1260. The van der Waals surface area contributed by atoms with Crippen LogP contribution in [-0.4, -0.2) is 64.0 Å². The van der Waals surface area contributed by atoms with Gasteiger partial charge in [-0.15, -0.1) is 0 Å². The first-order valence-corrected chi connectivity index (χ1v) is 12.2. The first-order chi connectivity index (χ1) is 17.4. The van der Waals surface area contributed by atoms with Gasteiger partial charge in [-0.2, -0.15) is 0 Å². The summed E-state index contributed by atoms with van der Waals surface area (Å²) in [5, 5.41) is 3.50. The molecule has 4 heterocycles. The van der Waals surface area contributed by atoms with E-state index in [1.807, 2.05) is 36.1 Å². The van der Waals surface area contributed by atoms with Gasteiger partial charge in [0.05, 0.1) is 48.6 Å². The van der Waals surface area contributed by atoms with Gasteiger partial charge in [-0.3, -0.25) is 19.6 Å². The summed E-state index contributed by atoms with van der Waals surface area (Å²) in [6, 6.07) is 9.69. The molecular formula is C27H30N6O3. The molecule has 3 aromatic rings. The molecule has 2 aromatic heterocycles. The van der Waals surface area contributed by atoms with Gasteiger partial charge in [0.2, 0.25) is 5.91 Å². The van der Waals surface area contributed by atoms with Crippen LogP contribution < -0.4 is 10.2 Å². The zero-order valence-corrected chi connectivity index (χ0v) is 20.8. The molecule has 0 bridgehead atoms. The Kier molecular flexibility index (Phi) is 6.65. The van der Waals surface area contributed by atoms with Crippen molar-refractivity contribution in [2.45, 2.75) is 39.3 Å². The maximum absolute atomic E-state index is 12.8. The molecule has 186 valence electrons. The van der Waals surface area contributed by atoms with Gasteiger partial charge in [0, 0.05) is 43.5 Å². The minimum absolute atomic E-state index is 0.00850. The smallest absolute Gasteiger partial charge is 0.255 e. The summed E-state index contributed by atoms with van der Waals surface area (Å²) >= 11 is 0. The average molecular weight is 487 g/mol. The van der Waals surface area contributed by atoms with Crippen LogP contribution in [-0.2, 0) is 9.53 Å². The summed E-state index contributed by atoms with van der Waals surface area (Å²) in [4.78, 5) is 42.3. The highest BCUT2D eigenvalue weighted by Gasteiger charge is 2.33. The highest BCUT2D eigenvalue weighted by Crippen LogP contribution is 2.40. The molecule has 1 aromatic carbocycles. The Labute approximate surface area is 210 Å². The van der Waals surface area contributed by atoms with Gasteiger partial charge in [-0.25, -0.2) is 4.98 Å². The molecule has 9 nitrogen and oxygen atoms in total. The van der Waals surface area contributed by atoms with E-state index in [1.165, 1.54) is 0 Å². The van der Waals surface area contributed by atoms with Gasteiger partial charge in [-0.05, 0) is 50.1 Å². The van der Waals surface area contributed by atoms with Crippen LogP contribution in [0.3, 0.4) is 0 Å². The van der Waals surface area contributed by atoms with E-state index in [9.17, 15) is 9.59 Å². The van der Waals surface area contributed by atoms with E-state index >= 15 is 0 Å². The van der Waals surface area contributed by atoms with Crippen molar-refractivity contribution in [1.29, 1.82) is 0 Å². The SMILES string of the molecule is CC(=O)N1c2ccc(-c3ccc(C(=O)N4CCOCC4)cn3)cc2[C@H](Nc2cnc(C)cn2)C[C@@H]1C. The van der Waals surface area contributed by atoms with Crippen LogP contribution in [0, 0.1) is 6.92 Å². The number of aryl methyl sites for hydroxylation is 1. The molecule has 1 saturated heterocycles. The molecule has 0 saturated carbocycles.